The van der Waals surface area contributed by atoms with Gasteiger partial charge in [-0.05, 0) is 37.3 Å². The number of pyridine rings is 1. The van der Waals surface area contributed by atoms with Crippen LogP contribution in [0.4, 0.5) is 5.82 Å². The predicted molar refractivity (Wildman–Crippen MR) is 89.2 cm³/mol. The minimum Gasteiger partial charge on any atom is -0.496 e. The number of nitrogens with one attached hydrogen (secondary N) is 1. The van der Waals surface area contributed by atoms with Crippen LogP contribution in [0.2, 0.25) is 5.02 Å². The average Bonchev–Trinajstić information content (AvgIpc) is 2.52. The minimum atomic E-state index is -0.266. The monoisotopic (exact) mass is 332 g/mol. The first-order valence-corrected chi connectivity index (χ1v) is 7.47. The van der Waals surface area contributed by atoms with E-state index in [0.717, 1.165) is 5.69 Å². The Bertz CT molecular complexity index is 732. The Balaban J connectivity index is 1.96. The standard InChI is InChI=1S/C17H17ClN2O3/c1-11-4-3-5-16(19-11)20-17(22)9-7-14(21)13-10-12(18)6-8-15(13)23-2/h3-6,8,10H,7,9H2,1-2H3,(H,19,20,22). The molecule has 0 aliphatic rings. The largest absolute Gasteiger partial charge is 0.496 e. The molecule has 0 aliphatic carbocycles. The number of rotatable bonds is 6. The van der Waals surface area contributed by atoms with Crippen molar-refractivity contribution >= 4 is 29.1 Å². The topological polar surface area (TPSA) is 68.3 Å². The van der Waals surface area contributed by atoms with E-state index in [-0.39, 0.29) is 24.5 Å². The highest BCUT2D eigenvalue weighted by Gasteiger charge is 2.15. The zero-order valence-electron chi connectivity index (χ0n) is 12.9. The first-order chi connectivity index (χ1) is 11.0. The van der Waals surface area contributed by atoms with Gasteiger partial charge in [0.05, 0.1) is 12.7 Å². The maximum atomic E-state index is 12.3. The summed E-state index contributed by atoms with van der Waals surface area (Å²) in [5, 5.41) is 3.12. The molecule has 23 heavy (non-hydrogen) atoms. The molecule has 0 spiro atoms. The Morgan fingerprint density at radius 1 is 1.22 bits per heavy atom. The zero-order chi connectivity index (χ0) is 16.8. The fourth-order valence-corrected chi connectivity index (χ4v) is 2.25. The lowest BCUT2D eigenvalue weighted by Gasteiger charge is -2.08. The Kier molecular flexibility index (Phi) is 5.71. The number of benzene rings is 1. The van der Waals surface area contributed by atoms with Crippen LogP contribution in [0.15, 0.2) is 36.4 Å². The molecular formula is C17H17ClN2O3. The van der Waals surface area contributed by atoms with Crippen molar-refractivity contribution in [2.45, 2.75) is 19.8 Å². The van der Waals surface area contributed by atoms with Crippen LogP contribution in [-0.2, 0) is 4.79 Å². The molecule has 6 heteroatoms. The second kappa shape index (κ2) is 7.74. The van der Waals surface area contributed by atoms with Crippen LogP contribution in [-0.4, -0.2) is 23.8 Å². The van der Waals surface area contributed by atoms with E-state index in [1.165, 1.54) is 7.11 Å². The summed E-state index contributed by atoms with van der Waals surface area (Å²) in [5.41, 5.74) is 1.18. The number of hydrogen-bond acceptors (Lipinski definition) is 4. The van der Waals surface area contributed by atoms with Crippen molar-refractivity contribution in [2.24, 2.45) is 0 Å². The van der Waals surface area contributed by atoms with Gasteiger partial charge >= 0.3 is 0 Å². The van der Waals surface area contributed by atoms with Gasteiger partial charge in [-0.1, -0.05) is 17.7 Å². The highest BCUT2D eigenvalue weighted by molar-refractivity contribution is 6.31. The van der Waals surface area contributed by atoms with E-state index < -0.39 is 0 Å². The van der Waals surface area contributed by atoms with Crippen molar-refractivity contribution in [3.63, 3.8) is 0 Å². The van der Waals surface area contributed by atoms with E-state index >= 15 is 0 Å². The number of anilines is 1. The summed E-state index contributed by atoms with van der Waals surface area (Å²) < 4.78 is 5.15. The lowest BCUT2D eigenvalue weighted by atomic mass is 10.1. The highest BCUT2D eigenvalue weighted by atomic mass is 35.5. The molecule has 1 amide bonds. The first kappa shape index (κ1) is 17.0. The summed E-state index contributed by atoms with van der Waals surface area (Å²) in [6.07, 6.45) is 0.123. The fraction of sp³-hybridized carbons (Fsp3) is 0.235. The Hall–Kier alpha value is -2.40. The van der Waals surface area contributed by atoms with Gasteiger partial charge in [0, 0.05) is 23.6 Å². The van der Waals surface area contributed by atoms with E-state index in [2.05, 4.69) is 10.3 Å². The molecule has 0 unspecified atom stereocenters. The van der Waals surface area contributed by atoms with Gasteiger partial charge in [0.25, 0.3) is 0 Å². The van der Waals surface area contributed by atoms with Crippen molar-refractivity contribution in [3.05, 3.63) is 52.7 Å². The number of ketones is 1. The summed E-state index contributed by atoms with van der Waals surface area (Å²) >= 11 is 5.91. The fourth-order valence-electron chi connectivity index (χ4n) is 2.08. The number of Topliss-reactive ketones (excluding diaryl/α,β-unsaturated/α-hetero) is 1. The van der Waals surface area contributed by atoms with Crippen LogP contribution >= 0.6 is 11.6 Å². The number of nitrogens with zero attached hydrogens (tertiary/aromatic N) is 1. The Morgan fingerprint density at radius 3 is 2.70 bits per heavy atom. The number of methoxy groups -OCH3 is 1. The first-order valence-electron chi connectivity index (χ1n) is 7.10. The number of aryl methyl sites for hydroxylation is 1. The number of ether oxygens (including phenoxy) is 1. The smallest absolute Gasteiger partial charge is 0.225 e. The molecule has 0 saturated heterocycles. The number of amides is 1. The van der Waals surface area contributed by atoms with Crippen LogP contribution in [0.1, 0.15) is 28.9 Å². The van der Waals surface area contributed by atoms with Gasteiger partial charge in [0.1, 0.15) is 11.6 Å². The van der Waals surface area contributed by atoms with Crippen LogP contribution in [0.5, 0.6) is 5.75 Å². The number of carbonyl (C=O) groups is 2. The van der Waals surface area contributed by atoms with E-state index in [4.69, 9.17) is 16.3 Å². The predicted octanol–water partition coefficient (Wildman–Crippen LogP) is 3.65. The van der Waals surface area contributed by atoms with Gasteiger partial charge in [-0.3, -0.25) is 9.59 Å². The third-order valence-corrected chi connectivity index (χ3v) is 3.43. The molecule has 1 aromatic carbocycles. The molecule has 1 aromatic heterocycles. The highest BCUT2D eigenvalue weighted by Crippen LogP contribution is 2.24. The zero-order valence-corrected chi connectivity index (χ0v) is 13.7. The molecule has 5 nitrogen and oxygen atoms in total. The molecule has 0 atom stereocenters. The van der Waals surface area contributed by atoms with Crippen LogP contribution in [0.25, 0.3) is 0 Å². The number of hydrogen-bond donors (Lipinski definition) is 1. The average molecular weight is 333 g/mol. The molecule has 2 aromatic rings. The second-order valence-electron chi connectivity index (χ2n) is 4.98. The summed E-state index contributed by atoms with van der Waals surface area (Å²) in [6.45, 7) is 1.84. The third-order valence-electron chi connectivity index (χ3n) is 3.20. The van der Waals surface area contributed by atoms with Crippen molar-refractivity contribution < 1.29 is 14.3 Å². The van der Waals surface area contributed by atoms with Crippen molar-refractivity contribution in [1.29, 1.82) is 0 Å². The van der Waals surface area contributed by atoms with E-state index in [1.807, 2.05) is 13.0 Å². The van der Waals surface area contributed by atoms with Crippen molar-refractivity contribution in [2.75, 3.05) is 12.4 Å². The Morgan fingerprint density at radius 2 is 2.00 bits per heavy atom. The van der Waals surface area contributed by atoms with Gasteiger partial charge in [0.2, 0.25) is 5.91 Å². The normalized spacial score (nSPS) is 10.2. The lowest BCUT2D eigenvalue weighted by molar-refractivity contribution is -0.116. The molecule has 1 heterocycles. The molecule has 0 radical (unpaired) electrons. The van der Waals surface area contributed by atoms with Gasteiger partial charge in [0.15, 0.2) is 5.78 Å². The quantitative estimate of drug-likeness (QED) is 0.820. The van der Waals surface area contributed by atoms with Gasteiger partial charge in [-0.25, -0.2) is 4.98 Å². The molecule has 0 fully saturated rings. The maximum absolute atomic E-state index is 12.3. The van der Waals surface area contributed by atoms with E-state index in [0.29, 0.717) is 22.2 Å². The third kappa shape index (κ3) is 4.79. The summed E-state index contributed by atoms with van der Waals surface area (Å²) in [7, 11) is 1.48. The molecule has 0 bridgehead atoms. The summed E-state index contributed by atoms with van der Waals surface area (Å²) in [4.78, 5) is 28.4. The number of aromatic nitrogens is 1. The summed E-state index contributed by atoms with van der Waals surface area (Å²) in [5.74, 6) is 0.456. The van der Waals surface area contributed by atoms with Gasteiger partial charge in [-0.2, -0.15) is 0 Å². The van der Waals surface area contributed by atoms with E-state index in [1.54, 1.807) is 30.3 Å². The molecule has 120 valence electrons. The molecule has 0 aliphatic heterocycles. The van der Waals surface area contributed by atoms with Crippen molar-refractivity contribution in [1.82, 2.24) is 4.98 Å². The van der Waals surface area contributed by atoms with Crippen LogP contribution in [0, 0.1) is 6.92 Å². The van der Waals surface area contributed by atoms with Crippen molar-refractivity contribution in [3.8, 4) is 5.75 Å². The SMILES string of the molecule is COc1ccc(Cl)cc1C(=O)CCC(=O)Nc1cccc(C)n1. The van der Waals surface area contributed by atoms with E-state index in [9.17, 15) is 9.59 Å². The molecule has 2 rings (SSSR count). The lowest BCUT2D eigenvalue weighted by Crippen LogP contribution is -2.14. The minimum absolute atomic E-state index is 0.0596. The molecular weight excluding hydrogens is 316 g/mol. The van der Waals surface area contributed by atoms with Crippen LogP contribution < -0.4 is 10.1 Å². The maximum Gasteiger partial charge on any atom is 0.225 e. The Labute approximate surface area is 139 Å². The number of carbonyl (C=O) groups excluding carboxylic acids is 2. The van der Waals surface area contributed by atoms with Crippen LogP contribution in [0.3, 0.4) is 0 Å². The number of halogens is 1. The molecule has 1 N–H and O–H groups in total. The summed E-state index contributed by atoms with van der Waals surface area (Å²) in [6, 6.07) is 10.2. The van der Waals surface area contributed by atoms with Gasteiger partial charge in [-0.15, -0.1) is 0 Å². The second-order valence-corrected chi connectivity index (χ2v) is 5.42. The molecule has 0 saturated carbocycles. The van der Waals surface area contributed by atoms with Gasteiger partial charge < -0.3 is 10.1 Å².